The zero-order valence-electron chi connectivity index (χ0n) is 27.2. The maximum absolute atomic E-state index is 9.74. The van der Waals surface area contributed by atoms with Crippen molar-refractivity contribution < 1.29 is 18.9 Å². The van der Waals surface area contributed by atoms with E-state index in [4.69, 9.17) is 30.5 Å². The summed E-state index contributed by atoms with van der Waals surface area (Å²) in [6, 6.07) is 8.43. The van der Waals surface area contributed by atoms with Gasteiger partial charge in [0, 0.05) is 31.7 Å². The molecule has 0 saturated carbocycles. The molecule has 254 valence electrons. The lowest BCUT2D eigenvalue weighted by Gasteiger charge is -2.32. The third kappa shape index (κ3) is 9.70. The van der Waals surface area contributed by atoms with Crippen LogP contribution in [0.3, 0.4) is 0 Å². The predicted molar refractivity (Wildman–Crippen MR) is 179 cm³/mol. The number of piperidine rings is 2. The van der Waals surface area contributed by atoms with Gasteiger partial charge in [-0.3, -0.25) is 4.90 Å². The van der Waals surface area contributed by atoms with Crippen molar-refractivity contribution in [2.24, 2.45) is 0 Å². The van der Waals surface area contributed by atoms with Crippen LogP contribution in [0.2, 0.25) is 5.02 Å². The van der Waals surface area contributed by atoms with Crippen LogP contribution in [0.5, 0.6) is 23.0 Å². The first kappa shape index (κ1) is 34.7. The number of aromatic nitrogens is 4. The fourth-order valence-electron chi connectivity index (χ4n) is 5.57. The third-order valence-corrected chi connectivity index (χ3v) is 8.35. The highest BCUT2D eigenvalue weighted by Crippen LogP contribution is 2.36. The molecule has 2 aliphatic rings. The lowest BCUT2D eigenvalue weighted by molar-refractivity contribution is 0.123. The SMILES string of the molecule is CCOc1cc(CN2CCC(Nc3ncc(OC(C#N)C(C#N)Oc4cnc(NC5CCNCC5)nc4)cn3)CC2)cc(OCC)c1Cl. The van der Waals surface area contributed by atoms with Crippen molar-refractivity contribution in [3.8, 4) is 35.1 Å². The largest absolute Gasteiger partial charge is 0.492 e. The molecule has 2 unspecified atom stereocenters. The number of hydrogen-bond acceptors (Lipinski definition) is 14. The van der Waals surface area contributed by atoms with Gasteiger partial charge in [0.15, 0.2) is 11.5 Å². The highest BCUT2D eigenvalue weighted by atomic mass is 35.5. The van der Waals surface area contributed by atoms with E-state index in [1.54, 1.807) is 0 Å². The van der Waals surface area contributed by atoms with Gasteiger partial charge in [-0.2, -0.15) is 10.5 Å². The molecule has 2 aliphatic heterocycles. The molecule has 48 heavy (non-hydrogen) atoms. The molecule has 3 N–H and O–H groups in total. The number of likely N-dealkylation sites (tertiary alicyclic amines) is 1. The van der Waals surface area contributed by atoms with Crippen molar-refractivity contribution in [1.29, 1.82) is 10.5 Å². The van der Waals surface area contributed by atoms with Crippen molar-refractivity contribution in [3.63, 3.8) is 0 Å². The maximum atomic E-state index is 9.74. The van der Waals surface area contributed by atoms with Crippen LogP contribution in [0.25, 0.3) is 0 Å². The quantitative estimate of drug-likeness (QED) is 0.209. The van der Waals surface area contributed by atoms with Crippen molar-refractivity contribution in [1.82, 2.24) is 30.2 Å². The van der Waals surface area contributed by atoms with Crippen LogP contribution in [0.1, 0.15) is 45.1 Å². The van der Waals surface area contributed by atoms with E-state index in [2.05, 4.69) is 40.8 Å². The van der Waals surface area contributed by atoms with Crippen LogP contribution in [0, 0.1) is 22.7 Å². The second-order valence-corrected chi connectivity index (χ2v) is 11.8. The molecular formula is C33H41ClN10O4. The number of halogens is 1. The zero-order valence-corrected chi connectivity index (χ0v) is 27.9. The molecule has 4 heterocycles. The summed E-state index contributed by atoms with van der Waals surface area (Å²) in [7, 11) is 0. The highest BCUT2D eigenvalue weighted by molar-refractivity contribution is 6.33. The van der Waals surface area contributed by atoms with E-state index >= 15 is 0 Å². The van der Waals surface area contributed by atoms with Gasteiger partial charge in [-0.25, -0.2) is 19.9 Å². The fourth-order valence-corrected chi connectivity index (χ4v) is 5.79. The number of hydrogen-bond donors (Lipinski definition) is 3. The summed E-state index contributed by atoms with van der Waals surface area (Å²) in [5.41, 5.74) is 1.09. The normalized spacial score (nSPS) is 16.9. The molecule has 0 bridgehead atoms. The standard InChI is InChI=1S/C33H41ClN10O4/c1-3-45-27-13-22(14-28(31(27)34)46-4-2)21-44-11-7-24(8-12-44)43-33-40-19-26(20-41-33)48-30(16-36)29(15-35)47-25-17-38-32(39-18-25)42-23-5-9-37-10-6-23/h13-14,17-20,23-24,29-30,37H,3-12,21H2,1-2H3,(H,38,39,42)(H,40,41,43). The smallest absolute Gasteiger partial charge is 0.234 e. The minimum Gasteiger partial charge on any atom is -0.492 e. The van der Waals surface area contributed by atoms with Crippen LogP contribution in [0.15, 0.2) is 36.9 Å². The van der Waals surface area contributed by atoms with Gasteiger partial charge >= 0.3 is 0 Å². The van der Waals surface area contributed by atoms with Gasteiger partial charge < -0.3 is 34.9 Å². The molecule has 2 atom stereocenters. The van der Waals surface area contributed by atoms with E-state index in [1.807, 2.05) is 38.1 Å². The number of anilines is 2. The predicted octanol–water partition coefficient (Wildman–Crippen LogP) is 4.20. The molecule has 0 aliphatic carbocycles. The van der Waals surface area contributed by atoms with E-state index in [9.17, 15) is 10.5 Å². The molecule has 0 amide bonds. The molecule has 3 aromatic rings. The Kier molecular flexibility index (Phi) is 12.7. The summed E-state index contributed by atoms with van der Waals surface area (Å²) in [4.78, 5) is 19.7. The first-order valence-electron chi connectivity index (χ1n) is 16.3. The average molecular weight is 677 g/mol. The van der Waals surface area contributed by atoms with E-state index in [-0.39, 0.29) is 17.5 Å². The molecule has 14 nitrogen and oxygen atoms in total. The summed E-state index contributed by atoms with van der Waals surface area (Å²) in [5, 5.41) is 30.0. The first-order chi connectivity index (χ1) is 23.5. The Bertz CT molecular complexity index is 1510. The number of nitrogens with zero attached hydrogens (tertiary/aromatic N) is 7. The minimum atomic E-state index is -1.23. The number of nitrogens with one attached hydrogen (secondary N) is 3. The Balaban J connectivity index is 1.09. The van der Waals surface area contributed by atoms with Crippen molar-refractivity contribution in [2.75, 3.05) is 50.0 Å². The summed E-state index contributed by atoms with van der Waals surface area (Å²) in [6.45, 7) is 9.33. The summed E-state index contributed by atoms with van der Waals surface area (Å²) >= 11 is 6.47. The van der Waals surface area contributed by atoms with Gasteiger partial charge in [-0.15, -0.1) is 0 Å². The van der Waals surface area contributed by atoms with Crippen LogP contribution < -0.4 is 34.9 Å². The molecule has 5 rings (SSSR count). The monoisotopic (exact) mass is 676 g/mol. The Morgan fingerprint density at radius 2 is 1.27 bits per heavy atom. The minimum absolute atomic E-state index is 0.197. The van der Waals surface area contributed by atoms with Crippen molar-refractivity contribution in [2.45, 2.75) is 70.4 Å². The Morgan fingerprint density at radius 3 is 1.71 bits per heavy atom. The first-order valence-corrected chi connectivity index (χ1v) is 16.7. The van der Waals surface area contributed by atoms with Crippen LogP contribution in [-0.2, 0) is 6.54 Å². The van der Waals surface area contributed by atoms with Gasteiger partial charge in [0.05, 0.1) is 38.0 Å². The Labute approximate surface area is 285 Å². The van der Waals surface area contributed by atoms with Crippen LogP contribution in [0.4, 0.5) is 11.9 Å². The number of nitriles is 2. The summed E-state index contributed by atoms with van der Waals surface area (Å²) in [6.07, 6.45) is 7.20. The lowest BCUT2D eigenvalue weighted by atomic mass is 10.0. The molecule has 1 aromatic carbocycles. The van der Waals surface area contributed by atoms with Crippen molar-refractivity contribution in [3.05, 3.63) is 47.5 Å². The molecular weight excluding hydrogens is 636 g/mol. The van der Waals surface area contributed by atoms with Crippen molar-refractivity contribution >= 4 is 23.5 Å². The second kappa shape index (κ2) is 17.5. The molecule has 15 heteroatoms. The highest BCUT2D eigenvalue weighted by Gasteiger charge is 2.26. The Hall–Kier alpha value is -4.63. The molecule has 0 radical (unpaired) electrons. The molecule has 2 fully saturated rings. The van der Waals surface area contributed by atoms with E-state index in [0.29, 0.717) is 47.7 Å². The average Bonchev–Trinajstić information content (AvgIpc) is 3.11. The summed E-state index contributed by atoms with van der Waals surface area (Å²) in [5.74, 6) is 2.71. The van der Waals surface area contributed by atoms with E-state index in [1.165, 1.54) is 24.8 Å². The van der Waals surface area contributed by atoms with Gasteiger partial charge in [0.25, 0.3) is 0 Å². The van der Waals surface area contributed by atoms with Gasteiger partial charge in [0.2, 0.25) is 24.1 Å². The lowest BCUT2D eigenvalue weighted by Crippen LogP contribution is -2.39. The number of rotatable bonds is 15. The zero-order chi connectivity index (χ0) is 33.7. The number of ether oxygens (including phenoxy) is 4. The third-order valence-electron chi connectivity index (χ3n) is 7.98. The van der Waals surface area contributed by atoms with Gasteiger partial charge in [-0.1, -0.05) is 11.6 Å². The summed E-state index contributed by atoms with van der Waals surface area (Å²) < 4.78 is 22.9. The van der Waals surface area contributed by atoms with Gasteiger partial charge in [-0.05, 0) is 70.3 Å². The van der Waals surface area contributed by atoms with Gasteiger partial charge in [0.1, 0.15) is 28.7 Å². The fraction of sp³-hybridized carbons (Fsp3) is 0.515. The second-order valence-electron chi connectivity index (χ2n) is 11.5. The molecule has 0 spiro atoms. The molecule has 2 aromatic heterocycles. The van der Waals surface area contributed by atoms with E-state index in [0.717, 1.165) is 64.0 Å². The topological polar surface area (TPSA) is 175 Å². The van der Waals surface area contributed by atoms with Crippen LogP contribution >= 0.6 is 11.6 Å². The maximum Gasteiger partial charge on any atom is 0.234 e. The Morgan fingerprint density at radius 1 is 0.812 bits per heavy atom. The number of benzene rings is 1. The molecule has 2 saturated heterocycles. The van der Waals surface area contributed by atoms with Crippen LogP contribution in [-0.4, -0.2) is 88.5 Å². The van der Waals surface area contributed by atoms with E-state index < -0.39 is 12.2 Å².